The lowest BCUT2D eigenvalue weighted by Gasteiger charge is -1.94. The van der Waals surface area contributed by atoms with Crippen LogP contribution in [0.4, 0.5) is 0 Å². The molecule has 5 nitrogen and oxygen atoms in total. The van der Waals surface area contributed by atoms with Crippen LogP contribution >= 0.6 is 11.3 Å². The summed E-state index contributed by atoms with van der Waals surface area (Å²) in [4.78, 5) is 5.49. The van der Waals surface area contributed by atoms with E-state index in [9.17, 15) is 8.42 Å². The Morgan fingerprint density at radius 3 is 2.73 bits per heavy atom. The average Bonchev–Trinajstić information content (AvgIpc) is 2.36. The Morgan fingerprint density at radius 1 is 1.73 bits per heavy atom. The summed E-state index contributed by atoms with van der Waals surface area (Å²) in [6.45, 7) is 1.72. The summed E-state index contributed by atoms with van der Waals surface area (Å²) in [5.74, 6) is 4.79. The number of sulfonamides is 1. The van der Waals surface area contributed by atoms with Crippen molar-refractivity contribution in [3.8, 4) is 0 Å². The molecule has 1 heterocycles. The van der Waals surface area contributed by atoms with Gasteiger partial charge in [-0.2, -0.15) is 0 Å². The van der Waals surface area contributed by atoms with Crippen LogP contribution in [-0.4, -0.2) is 13.4 Å². The topological polar surface area (TPSA) is 85.1 Å². The van der Waals surface area contributed by atoms with Crippen LogP contribution in [0.3, 0.4) is 0 Å². The van der Waals surface area contributed by atoms with Gasteiger partial charge in [-0.25, -0.2) is 13.4 Å². The van der Waals surface area contributed by atoms with Crippen molar-refractivity contribution < 1.29 is 8.42 Å². The van der Waals surface area contributed by atoms with Crippen molar-refractivity contribution >= 4 is 21.4 Å². The minimum Gasteiger partial charge on any atom is -0.257 e. The number of aromatic nitrogens is 1. The van der Waals surface area contributed by atoms with E-state index in [1.54, 1.807) is 11.8 Å². The van der Waals surface area contributed by atoms with Gasteiger partial charge < -0.3 is 0 Å². The van der Waals surface area contributed by atoms with E-state index >= 15 is 0 Å². The van der Waals surface area contributed by atoms with Gasteiger partial charge in [-0.15, -0.1) is 16.2 Å². The molecule has 0 aliphatic heterocycles. The molecule has 3 N–H and O–H groups in total. The Hall–Kier alpha value is -0.500. The summed E-state index contributed by atoms with van der Waals surface area (Å²) in [6.07, 6.45) is 1.27. The van der Waals surface area contributed by atoms with E-state index in [0.29, 0.717) is 5.01 Å². The fourth-order valence-corrected chi connectivity index (χ4v) is 2.28. The molecule has 0 spiro atoms. The number of nitrogens with one attached hydrogen (secondary N) is 1. The smallest absolute Gasteiger partial charge is 0.257 e. The number of hydrazine groups is 1. The van der Waals surface area contributed by atoms with Crippen LogP contribution in [0.15, 0.2) is 10.4 Å². The second-order valence-electron chi connectivity index (χ2n) is 1.82. The summed E-state index contributed by atoms with van der Waals surface area (Å²) in [5.41, 5.74) is 0. The molecule has 0 amide bonds. The summed E-state index contributed by atoms with van der Waals surface area (Å²) < 4.78 is 22.0. The highest BCUT2D eigenvalue weighted by Crippen LogP contribution is 2.16. The molecule has 11 heavy (non-hydrogen) atoms. The molecule has 0 saturated carbocycles. The number of hydrogen-bond donors (Lipinski definition) is 2. The normalized spacial score (nSPS) is 11.8. The zero-order valence-electron chi connectivity index (χ0n) is 5.73. The van der Waals surface area contributed by atoms with Gasteiger partial charge in [-0.05, 0) is 6.92 Å². The van der Waals surface area contributed by atoms with Gasteiger partial charge in [0.1, 0.15) is 0 Å². The van der Waals surface area contributed by atoms with Crippen LogP contribution in [-0.2, 0) is 10.0 Å². The molecule has 7 heteroatoms. The molecular weight excluding hydrogens is 186 g/mol. The first kappa shape index (κ1) is 8.60. The molecule has 0 unspecified atom stereocenters. The first-order chi connectivity index (χ1) is 5.06. The third-order valence-electron chi connectivity index (χ3n) is 1.02. The molecule has 1 aromatic heterocycles. The zero-order valence-corrected chi connectivity index (χ0v) is 7.37. The van der Waals surface area contributed by atoms with E-state index < -0.39 is 10.0 Å². The summed E-state index contributed by atoms with van der Waals surface area (Å²) in [6, 6.07) is 0. The van der Waals surface area contributed by atoms with Gasteiger partial charge >= 0.3 is 0 Å². The Morgan fingerprint density at radius 2 is 2.36 bits per heavy atom. The average molecular weight is 193 g/mol. The highest BCUT2D eigenvalue weighted by atomic mass is 32.2. The molecule has 0 aliphatic carbocycles. The maximum Gasteiger partial charge on any atom is 0.264 e. The first-order valence-electron chi connectivity index (χ1n) is 2.71. The number of thiazole rings is 1. The van der Waals surface area contributed by atoms with Crippen molar-refractivity contribution in [3.63, 3.8) is 0 Å². The van der Waals surface area contributed by atoms with Crippen LogP contribution in [0, 0.1) is 6.92 Å². The zero-order chi connectivity index (χ0) is 8.48. The maximum atomic E-state index is 10.9. The van der Waals surface area contributed by atoms with Crippen molar-refractivity contribution in [3.05, 3.63) is 11.2 Å². The van der Waals surface area contributed by atoms with Gasteiger partial charge in [0.15, 0.2) is 4.21 Å². The molecule has 0 aromatic carbocycles. The van der Waals surface area contributed by atoms with Crippen LogP contribution in [0.2, 0.25) is 0 Å². The molecule has 0 saturated heterocycles. The lowest BCUT2D eigenvalue weighted by Crippen LogP contribution is -2.29. The lowest BCUT2D eigenvalue weighted by molar-refractivity contribution is 0.586. The maximum absolute atomic E-state index is 10.9. The van der Waals surface area contributed by atoms with Crippen LogP contribution in [0.1, 0.15) is 5.01 Å². The molecule has 0 fully saturated rings. The number of hydrogen-bond acceptors (Lipinski definition) is 5. The first-order valence-corrected chi connectivity index (χ1v) is 5.01. The summed E-state index contributed by atoms with van der Waals surface area (Å²) >= 11 is 1.08. The van der Waals surface area contributed by atoms with Gasteiger partial charge in [-0.1, -0.05) is 0 Å². The highest BCUT2D eigenvalue weighted by molar-refractivity contribution is 7.91. The van der Waals surface area contributed by atoms with Gasteiger partial charge in [0.25, 0.3) is 10.0 Å². The third-order valence-corrected chi connectivity index (χ3v) is 3.58. The molecule has 0 atom stereocenters. The number of aryl methyl sites for hydroxylation is 1. The van der Waals surface area contributed by atoms with Gasteiger partial charge in [-0.3, -0.25) is 5.84 Å². The van der Waals surface area contributed by atoms with E-state index in [4.69, 9.17) is 5.84 Å². The molecule has 0 bridgehead atoms. The van der Waals surface area contributed by atoms with Crippen LogP contribution < -0.4 is 10.7 Å². The Bertz CT molecular complexity index is 342. The van der Waals surface area contributed by atoms with Gasteiger partial charge in [0.2, 0.25) is 0 Å². The fraction of sp³-hybridized carbons (Fsp3) is 0.250. The molecule has 62 valence electrons. The van der Waals surface area contributed by atoms with Crippen LogP contribution in [0.25, 0.3) is 0 Å². The lowest BCUT2D eigenvalue weighted by atomic mass is 10.8. The Balaban J connectivity index is 3.13. The van der Waals surface area contributed by atoms with Gasteiger partial charge in [0, 0.05) is 0 Å². The molecule has 1 rings (SSSR count). The third kappa shape index (κ3) is 1.74. The molecule has 0 aliphatic rings. The van der Waals surface area contributed by atoms with Crippen molar-refractivity contribution in [2.45, 2.75) is 11.1 Å². The van der Waals surface area contributed by atoms with Crippen molar-refractivity contribution in [2.75, 3.05) is 0 Å². The van der Waals surface area contributed by atoms with Crippen molar-refractivity contribution in [1.29, 1.82) is 0 Å². The number of nitrogens with two attached hydrogens (primary N) is 1. The van der Waals surface area contributed by atoms with Gasteiger partial charge in [0.05, 0.1) is 11.2 Å². The Kier molecular flexibility index (Phi) is 2.23. The SMILES string of the molecule is Cc1ncc(S(=O)(=O)NN)s1. The van der Waals surface area contributed by atoms with E-state index in [-0.39, 0.29) is 4.21 Å². The summed E-state index contributed by atoms with van der Waals surface area (Å²) in [5, 5.41) is 0.693. The minimum absolute atomic E-state index is 0.137. The van der Waals surface area contributed by atoms with Crippen molar-refractivity contribution in [1.82, 2.24) is 9.82 Å². The van der Waals surface area contributed by atoms with E-state index in [1.807, 2.05) is 0 Å². The number of nitrogens with zero attached hydrogens (tertiary/aromatic N) is 1. The number of rotatable bonds is 2. The van der Waals surface area contributed by atoms with E-state index in [0.717, 1.165) is 11.3 Å². The predicted molar refractivity (Wildman–Crippen MR) is 41.4 cm³/mol. The highest BCUT2D eigenvalue weighted by Gasteiger charge is 2.13. The largest absolute Gasteiger partial charge is 0.264 e. The standard InChI is InChI=1S/C4H7N3O2S2/c1-3-6-2-4(10-3)11(8,9)7-5/h2,7H,5H2,1H3. The second-order valence-corrected chi connectivity index (χ2v) is 5.00. The quantitative estimate of drug-likeness (QED) is 0.494. The second kappa shape index (κ2) is 2.86. The Labute approximate surface area is 68.3 Å². The van der Waals surface area contributed by atoms with Crippen molar-refractivity contribution in [2.24, 2.45) is 5.84 Å². The molecule has 0 radical (unpaired) electrons. The summed E-state index contributed by atoms with van der Waals surface area (Å²) in [7, 11) is -3.49. The predicted octanol–water partition coefficient (Wildman–Crippen LogP) is -0.396. The molecular formula is C4H7N3O2S2. The fourth-order valence-electron chi connectivity index (χ4n) is 0.524. The monoisotopic (exact) mass is 193 g/mol. The van der Waals surface area contributed by atoms with E-state index in [2.05, 4.69) is 4.98 Å². The van der Waals surface area contributed by atoms with E-state index in [1.165, 1.54) is 6.20 Å². The van der Waals surface area contributed by atoms with Crippen LogP contribution in [0.5, 0.6) is 0 Å². The minimum atomic E-state index is -3.49. The molecule has 1 aromatic rings.